The third kappa shape index (κ3) is 2.61. The lowest BCUT2D eigenvalue weighted by Crippen LogP contribution is -2.44. The van der Waals surface area contributed by atoms with Crippen LogP contribution >= 0.6 is 11.3 Å². The van der Waals surface area contributed by atoms with Crippen molar-refractivity contribution in [1.82, 2.24) is 15.1 Å². The molecule has 1 N–H and O–H groups in total. The van der Waals surface area contributed by atoms with Gasteiger partial charge in [-0.1, -0.05) is 6.07 Å². The molecule has 2 atom stereocenters. The van der Waals surface area contributed by atoms with E-state index in [1.807, 2.05) is 17.5 Å². The number of thiophene rings is 1. The molecule has 0 bridgehead atoms. The second-order valence-corrected chi connectivity index (χ2v) is 7.66. The van der Waals surface area contributed by atoms with Crippen molar-refractivity contribution >= 4 is 29.2 Å². The molecule has 26 heavy (non-hydrogen) atoms. The van der Waals surface area contributed by atoms with Gasteiger partial charge in [0.15, 0.2) is 5.54 Å². The number of hydrogen-bond donors (Lipinski definition) is 1. The highest BCUT2D eigenvalue weighted by Crippen LogP contribution is 2.35. The number of carbonyl (C=O) groups is 3. The fourth-order valence-corrected chi connectivity index (χ4v) is 4.51. The van der Waals surface area contributed by atoms with E-state index in [0.29, 0.717) is 12.3 Å². The van der Waals surface area contributed by atoms with Crippen molar-refractivity contribution in [2.75, 3.05) is 13.1 Å². The van der Waals surface area contributed by atoms with E-state index in [9.17, 15) is 14.4 Å². The van der Waals surface area contributed by atoms with Crippen molar-refractivity contribution in [2.45, 2.75) is 31.3 Å². The number of rotatable bonds is 4. The Bertz CT molecular complexity index is 833. The van der Waals surface area contributed by atoms with Gasteiger partial charge in [0.1, 0.15) is 12.3 Å². The van der Waals surface area contributed by atoms with Crippen molar-refractivity contribution in [2.24, 2.45) is 0 Å². The molecule has 8 heteroatoms. The Morgan fingerprint density at radius 2 is 2.23 bits per heavy atom. The van der Waals surface area contributed by atoms with Gasteiger partial charge in [-0.3, -0.25) is 14.5 Å². The predicted octanol–water partition coefficient (Wildman–Crippen LogP) is 2.47. The highest BCUT2D eigenvalue weighted by molar-refractivity contribution is 7.10. The number of hydrogen-bond acceptors (Lipinski definition) is 5. The Labute approximate surface area is 154 Å². The average Bonchev–Trinajstić information content (AvgIpc) is 3.39. The van der Waals surface area contributed by atoms with Crippen LogP contribution in [0.5, 0.6) is 0 Å². The molecule has 7 nitrogen and oxygen atoms in total. The fraction of sp³-hybridized carbons (Fsp3) is 0.389. The Morgan fingerprint density at radius 3 is 2.92 bits per heavy atom. The van der Waals surface area contributed by atoms with E-state index < -0.39 is 17.5 Å². The molecule has 0 aromatic carbocycles. The molecule has 0 aliphatic carbocycles. The molecule has 0 radical (unpaired) electrons. The van der Waals surface area contributed by atoms with Crippen molar-refractivity contribution in [3.63, 3.8) is 0 Å². The van der Waals surface area contributed by atoms with Gasteiger partial charge in [-0.15, -0.1) is 11.3 Å². The van der Waals surface area contributed by atoms with E-state index in [1.54, 1.807) is 35.3 Å². The molecule has 0 spiro atoms. The van der Waals surface area contributed by atoms with Gasteiger partial charge in [0.05, 0.1) is 12.3 Å². The van der Waals surface area contributed by atoms with E-state index in [0.717, 1.165) is 22.6 Å². The zero-order valence-electron chi connectivity index (χ0n) is 14.3. The molecular weight excluding hydrogens is 354 g/mol. The largest absolute Gasteiger partial charge is 0.466 e. The van der Waals surface area contributed by atoms with E-state index in [2.05, 4.69) is 5.32 Å². The number of likely N-dealkylation sites (tertiary alicyclic amines) is 1. The number of amides is 4. The second kappa shape index (κ2) is 6.28. The van der Waals surface area contributed by atoms with E-state index in [-0.39, 0.29) is 18.5 Å². The minimum Gasteiger partial charge on any atom is -0.466 e. The average molecular weight is 373 g/mol. The molecule has 2 aliphatic rings. The van der Waals surface area contributed by atoms with Crippen LogP contribution in [-0.4, -0.2) is 40.7 Å². The summed E-state index contributed by atoms with van der Waals surface area (Å²) in [4.78, 5) is 41.9. The highest BCUT2D eigenvalue weighted by Gasteiger charge is 2.51. The number of nitrogens with one attached hydrogen (secondary N) is 1. The van der Waals surface area contributed by atoms with Crippen LogP contribution in [0.4, 0.5) is 4.79 Å². The standard InChI is InChI=1S/C18H19N3O4S/c1-18(14-7-3-9-25-14)16(23)21(17(24)19-18)11-15(22)20-8-2-5-12(20)13-6-4-10-26-13/h3-4,6-7,9-10,12H,2,5,8,11H2,1H3,(H,19,24). The van der Waals surface area contributed by atoms with Crippen molar-refractivity contribution in [1.29, 1.82) is 0 Å². The van der Waals surface area contributed by atoms with Crippen LogP contribution in [-0.2, 0) is 15.1 Å². The molecular formula is C18H19N3O4S. The van der Waals surface area contributed by atoms with Crippen LogP contribution in [0.25, 0.3) is 0 Å². The lowest BCUT2D eigenvalue weighted by Gasteiger charge is -2.26. The molecule has 2 aliphatic heterocycles. The van der Waals surface area contributed by atoms with Crippen LogP contribution in [0.15, 0.2) is 40.3 Å². The molecule has 2 saturated heterocycles. The van der Waals surface area contributed by atoms with Crippen molar-refractivity contribution in [3.8, 4) is 0 Å². The number of urea groups is 1. The molecule has 4 amide bonds. The maximum Gasteiger partial charge on any atom is 0.325 e. The molecule has 2 aromatic rings. The number of furan rings is 1. The second-order valence-electron chi connectivity index (χ2n) is 6.68. The van der Waals surface area contributed by atoms with E-state index >= 15 is 0 Å². The molecule has 2 unspecified atom stereocenters. The number of nitrogens with zero attached hydrogens (tertiary/aromatic N) is 2. The quantitative estimate of drug-likeness (QED) is 0.835. The van der Waals surface area contributed by atoms with Gasteiger partial charge >= 0.3 is 6.03 Å². The van der Waals surface area contributed by atoms with Gasteiger partial charge in [0, 0.05) is 11.4 Å². The van der Waals surface area contributed by atoms with Gasteiger partial charge in [0.25, 0.3) is 5.91 Å². The van der Waals surface area contributed by atoms with Crippen LogP contribution < -0.4 is 5.32 Å². The smallest absolute Gasteiger partial charge is 0.325 e. The molecule has 0 saturated carbocycles. The van der Waals surface area contributed by atoms with Crippen LogP contribution in [0, 0.1) is 0 Å². The summed E-state index contributed by atoms with van der Waals surface area (Å²) in [5.41, 5.74) is -1.28. The van der Waals surface area contributed by atoms with Gasteiger partial charge < -0.3 is 14.6 Å². The van der Waals surface area contributed by atoms with Crippen molar-refractivity contribution < 1.29 is 18.8 Å². The molecule has 2 fully saturated rings. The third-order valence-electron chi connectivity index (χ3n) is 5.03. The minimum absolute atomic E-state index is 0.0275. The Balaban J connectivity index is 1.51. The Kier molecular flexibility index (Phi) is 4.07. The van der Waals surface area contributed by atoms with Gasteiger partial charge in [-0.25, -0.2) is 4.79 Å². The Hall–Kier alpha value is -2.61. The van der Waals surface area contributed by atoms with Crippen LogP contribution in [0.1, 0.15) is 36.4 Å². The number of imide groups is 1. The summed E-state index contributed by atoms with van der Waals surface area (Å²) in [6.45, 7) is 1.96. The van der Waals surface area contributed by atoms with E-state index in [4.69, 9.17) is 4.42 Å². The maximum absolute atomic E-state index is 12.8. The molecule has 136 valence electrons. The van der Waals surface area contributed by atoms with Crippen LogP contribution in [0.3, 0.4) is 0 Å². The highest BCUT2D eigenvalue weighted by atomic mass is 32.1. The number of carbonyl (C=O) groups excluding carboxylic acids is 3. The maximum atomic E-state index is 12.8. The first-order chi connectivity index (χ1) is 12.5. The lowest BCUT2D eigenvalue weighted by molar-refractivity contribution is -0.139. The zero-order valence-corrected chi connectivity index (χ0v) is 15.1. The van der Waals surface area contributed by atoms with Gasteiger partial charge in [-0.05, 0) is 43.3 Å². The first kappa shape index (κ1) is 16.8. The van der Waals surface area contributed by atoms with Gasteiger partial charge in [-0.2, -0.15) is 0 Å². The molecule has 4 rings (SSSR count). The minimum atomic E-state index is -1.28. The van der Waals surface area contributed by atoms with E-state index in [1.165, 1.54) is 6.26 Å². The fourth-order valence-electron chi connectivity index (χ4n) is 3.64. The summed E-state index contributed by atoms with van der Waals surface area (Å²) >= 11 is 1.62. The summed E-state index contributed by atoms with van der Waals surface area (Å²) < 4.78 is 5.30. The predicted molar refractivity (Wildman–Crippen MR) is 94.3 cm³/mol. The van der Waals surface area contributed by atoms with Gasteiger partial charge in [0.2, 0.25) is 5.91 Å². The lowest BCUT2D eigenvalue weighted by atomic mass is 9.99. The summed E-state index contributed by atoms with van der Waals surface area (Å²) in [6.07, 6.45) is 3.26. The summed E-state index contributed by atoms with van der Waals surface area (Å²) in [5.74, 6) is -0.339. The Morgan fingerprint density at radius 1 is 1.38 bits per heavy atom. The molecule has 4 heterocycles. The third-order valence-corrected chi connectivity index (χ3v) is 6.00. The first-order valence-corrected chi connectivity index (χ1v) is 9.39. The molecule has 2 aromatic heterocycles. The van der Waals surface area contributed by atoms with Crippen LogP contribution in [0.2, 0.25) is 0 Å². The SMILES string of the molecule is CC1(c2ccco2)NC(=O)N(CC(=O)N2CCCC2c2cccs2)C1=O. The van der Waals surface area contributed by atoms with Crippen molar-refractivity contribution in [3.05, 3.63) is 46.5 Å². The summed E-state index contributed by atoms with van der Waals surface area (Å²) in [5, 5.41) is 4.63. The zero-order chi connectivity index (χ0) is 18.3. The summed E-state index contributed by atoms with van der Waals surface area (Å²) in [6, 6.07) is 6.73. The summed E-state index contributed by atoms with van der Waals surface area (Å²) in [7, 11) is 0. The topological polar surface area (TPSA) is 82.9 Å². The monoisotopic (exact) mass is 373 g/mol. The first-order valence-electron chi connectivity index (χ1n) is 8.51. The normalized spacial score (nSPS) is 25.8.